The van der Waals surface area contributed by atoms with Crippen LogP contribution in [-0.2, 0) is 0 Å². The number of aryl methyl sites for hydroxylation is 2. The molecule has 0 saturated heterocycles. The lowest BCUT2D eigenvalue weighted by atomic mass is 9.88. The quantitative estimate of drug-likeness (QED) is 0.183. The molecule has 1 heterocycles. The van der Waals surface area contributed by atoms with Crippen molar-refractivity contribution in [2.75, 3.05) is 0 Å². The summed E-state index contributed by atoms with van der Waals surface area (Å²) in [5, 5.41) is 13.2. The van der Waals surface area contributed by atoms with E-state index in [1.165, 1.54) is 96.6 Å². The number of rotatable bonds is 2. The van der Waals surface area contributed by atoms with E-state index in [-0.39, 0.29) is 0 Å². The molecular weight excluding hydrogens is 537 g/mol. The Balaban J connectivity index is 1.35. The van der Waals surface area contributed by atoms with Crippen molar-refractivity contribution < 1.29 is 0 Å². The van der Waals surface area contributed by atoms with Gasteiger partial charge in [-0.1, -0.05) is 127 Å². The van der Waals surface area contributed by atoms with E-state index < -0.39 is 0 Å². The Labute approximate surface area is 254 Å². The first-order chi connectivity index (χ1) is 21.2. The molecule has 202 valence electrons. The Hall–Kier alpha value is -4.98. The second-order valence-electron chi connectivity index (χ2n) is 11.7. The summed E-state index contributed by atoms with van der Waals surface area (Å²) >= 11 is 1.93. The average molecular weight is 565 g/mol. The maximum absolute atomic E-state index is 2.43. The average Bonchev–Trinajstić information content (AvgIpc) is 3.44. The molecule has 8 aromatic carbocycles. The fraction of sp³-hybridized carbons (Fsp3) is 0.0476. The fourth-order valence-corrected chi connectivity index (χ4v) is 8.71. The third-order valence-electron chi connectivity index (χ3n) is 9.46. The Morgan fingerprint density at radius 1 is 0.372 bits per heavy atom. The molecule has 1 heteroatoms. The lowest BCUT2D eigenvalue weighted by molar-refractivity contribution is 1.58. The van der Waals surface area contributed by atoms with Crippen molar-refractivity contribution in [3.63, 3.8) is 0 Å². The van der Waals surface area contributed by atoms with Gasteiger partial charge >= 0.3 is 0 Å². The Kier molecular flexibility index (Phi) is 5.30. The molecule has 0 aliphatic heterocycles. The summed E-state index contributed by atoms with van der Waals surface area (Å²) in [7, 11) is 0. The molecule has 1 aromatic heterocycles. The summed E-state index contributed by atoms with van der Waals surface area (Å²) < 4.78 is 2.68. The zero-order chi connectivity index (χ0) is 28.7. The smallest absolute Gasteiger partial charge is 0.0434 e. The van der Waals surface area contributed by atoms with E-state index in [2.05, 4.69) is 147 Å². The third-order valence-corrected chi connectivity index (χ3v) is 10.7. The minimum absolute atomic E-state index is 1.28. The van der Waals surface area contributed by atoms with Crippen LogP contribution in [0, 0.1) is 13.8 Å². The molecule has 0 nitrogen and oxygen atoms in total. The van der Waals surface area contributed by atoms with Crippen LogP contribution in [0.1, 0.15) is 11.1 Å². The van der Waals surface area contributed by atoms with Crippen LogP contribution < -0.4 is 0 Å². The topological polar surface area (TPSA) is 0 Å². The number of fused-ring (bicyclic) bond motifs is 7. The van der Waals surface area contributed by atoms with Crippen LogP contribution in [0.15, 0.2) is 133 Å². The molecule has 0 amide bonds. The Bertz CT molecular complexity index is 2470. The first-order valence-corrected chi connectivity index (χ1v) is 15.8. The van der Waals surface area contributed by atoms with Crippen molar-refractivity contribution >= 4 is 74.6 Å². The number of hydrogen-bond acceptors (Lipinski definition) is 1. The van der Waals surface area contributed by atoms with Gasteiger partial charge in [0.15, 0.2) is 0 Å². The standard InChI is InChI=1S/C42H28S/c1-25-28-12-3-7-16-33(28)40(34-17-8-4-13-29(25)34)27-22-23-32-37-20-11-21-38(42(37)43-39(32)24-27)41-35-18-9-5-14-30(35)26(2)31-15-6-10-19-36(31)41/h3-24H,1-2H3. The molecule has 43 heavy (non-hydrogen) atoms. The molecule has 0 saturated carbocycles. The molecule has 0 aliphatic carbocycles. The molecule has 9 rings (SSSR count). The van der Waals surface area contributed by atoms with E-state index in [1.807, 2.05) is 11.3 Å². The van der Waals surface area contributed by atoms with Crippen molar-refractivity contribution in [2.24, 2.45) is 0 Å². The second-order valence-corrected chi connectivity index (χ2v) is 12.7. The molecule has 0 fully saturated rings. The van der Waals surface area contributed by atoms with Gasteiger partial charge in [0.1, 0.15) is 0 Å². The Morgan fingerprint density at radius 2 is 0.814 bits per heavy atom. The number of thiophene rings is 1. The summed E-state index contributed by atoms with van der Waals surface area (Å²) in [4.78, 5) is 0. The van der Waals surface area contributed by atoms with Crippen molar-refractivity contribution in [1.82, 2.24) is 0 Å². The summed E-state index contributed by atoms with van der Waals surface area (Å²) in [6.07, 6.45) is 0. The van der Waals surface area contributed by atoms with E-state index in [1.54, 1.807) is 0 Å². The van der Waals surface area contributed by atoms with Crippen LogP contribution >= 0.6 is 11.3 Å². The molecule has 0 atom stereocenters. The van der Waals surface area contributed by atoms with Gasteiger partial charge in [0.2, 0.25) is 0 Å². The molecule has 0 bridgehead atoms. The molecule has 9 aromatic rings. The fourth-order valence-electron chi connectivity index (χ4n) is 7.44. The highest BCUT2D eigenvalue weighted by atomic mass is 32.1. The van der Waals surface area contributed by atoms with Crippen molar-refractivity contribution in [1.29, 1.82) is 0 Å². The predicted octanol–water partition coefficient (Wildman–Crippen LogP) is 12.6. The zero-order valence-electron chi connectivity index (χ0n) is 24.1. The summed E-state index contributed by atoms with van der Waals surface area (Å²) in [6, 6.07) is 49.5. The highest BCUT2D eigenvalue weighted by Gasteiger charge is 2.18. The SMILES string of the molecule is Cc1c2ccccc2c(-c2ccc3c(c2)sc2c(-c4c5ccccc5c(C)c5ccccc45)cccc23)c2ccccc12. The summed E-state index contributed by atoms with van der Waals surface area (Å²) in [5.74, 6) is 0. The number of benzene rings is 8. The van der Waals surface area contributed by atoms with E-state index in [4.69, 9.17) is 0 Å². The maximum atomic E-state index is 2.43. The van der Waals surface area contributed by atoms with E-state index >= 15 is 0 Å². The molecule has 0 N–H and O–H groups in total. The van der Waals surface area contributed by atoms with Gasteiger partial charge in [0, 0.05) is 25.7 Å². The molecule has 0 aliphatic rings. The maximum Gasteiger partial charge on any atom is 0.0434 e. The summed E-state index contributed by atoms with van der Waals surface area (Å²) in [6.45, 7) is 4.51. The third kappa shape index (κ3) is 3.49. The van der Waals surface area contributed by atoms with Gasteiger partial charge in [-0.25, -0.2) is 0 Å². The minimum Gasteiger partial charge on any atom is -0.135 e. The van der Waals surface area contributed by atoms with Crippen molar-refractivity contribution in [2.45, 2.75) is 13.8 Å². The lowest BCUT2D eigenvalue weighted by Crippen LogP contribution is -1.89. The van der Waals surface area contributed by atoms with Crippen molar-refractivity contribution in [3.8, 4) is 22.3 Å². The van der Waals surface area contributed by atoms with Crippen LogP contribution in [-0.4, -0.2) is 0 Å². The van der Waals surface area contributed by atoms with Gasteiger partial charge in [-0.2, -0.15) is 0 Å². The highest BCUT2D eigenvalue weighted by molar-refractivity contribution is 7.26. The normalized spacial score (nSPS) is 12.0. The van der Waals surface area contributed by atoms with Crippen molar-refractivity contribution in [3.05, 3.63) is 145 Å². The van der Waals surface area contributed by atoms with Gasteiger partial charge in [-0.3, -0.25) is 0 Å². The van der Waals surface area contributed by atoms with Crippen LogP contribution in [0.25, 0.3) is 85.5 Å². The van der Waals surface area contributed by atoms with Gasteiger partial charge in [0.05, 0.1) is 0 Å². The first kappa shape index (κ1) is 24.6. The lowest BCUT2D eigenvalue weighted by Gasteiger charge is -2.15. The molecule has 0 spiro atoms. The van der Waals surface area contributed by atoms with E-state index in [9.17, 15) is 0 Å². The van der Waals surface area contributed by atoms with Crippen LogP contribution in [0.5, 0.6) is 0 Å². The molecular formula is C42H28S. The van der Waals surface area contributed by atoms with Crippen LogP contribution in [0.3, 0.4) is 0 Å². The van der Waals surface area contributed by atoms with E-state index in [0.717, 1.165) is 0 Å². The van der Waals surface area contributed by atoms with Crippen LogP contribution in [0.2, 0.25) is 0 Å². The zero-order valence-corrected chi connectivity index (χ0v) is 24.9. The second kappa shape index (κ2) is 9.26. The Morgan fingerprint density at radius 3 is 1.33 bits per heavy atom. The predicted molar refractivity (Wildman–Crippen MR) is 190 cm³/mol. The van der Waals surface area contributed by atoms with Gasteiger partial charge in [-0.05, 0) is 90.8 Å². The first-order valence-electron chi connectivity index (χ1n) is 14.9. The van der Waals surface area contributed by atoms with Crippen LogP contribution in [0.4, 0.5) is 0 Å². The minimum atomic E-state index is 1.28. The molecule has 0 unspecified atom stereocenters. The molecule has 0 radical (unpaired) electrons. The van der Waals surface area contributed by atoms with E-state index in [0.29, 0.717) is 0 Å². The largest absolute Gasteiger partial charge is 0.135 e. The van der Waals surface area contributed by atoms with Gasteiger partial charge < -0.3 is 0 Å². The number of hydrogen-bond donors (Lipinski definition) is 0. The van der Waals surface area contributed by atoms with Gasteiger partial charge in [0.25, 0.3) is 0 Å². The highest BCUT2D eigenvalue weighted by Crippen LogP contribution is 2.47. The summed E-state index contributed by atoms with van der Waals surface area (Å²) in [5.41, 5.74) is 7.95. The monoisotopic (exact) mass is 564 g/mol. The van der Waals surface area contributed by atoms with Gasteiger partial charge in [-0.15, -0.1) is 11.3 Å².